The Morgan fingerprint density at radius 1 is 1.20 bits per heavy atom. The molecule has 0 N–H and O–H groups in total. The van der Waals surface area contributed by atoms with Crippen molar-refractivity contribution in [3.63, 3.8) is 0 Å². The molecule has 5 heteroatoms. The quantitative estimate of drug-likeness (QED) is 0.482. The van der Waals surface area contributed by atoms with E-state index in [1.165, 1.54) is 18.4 Å². The summed E-state index contributed by atoms with van der Waals surface area (Å²) in [6, 6.07) is 9.40. The Kier molecular flexibility index (Phi) is 4.53. The number of carbonyl (C=O) groups excluding carboxylic acids is 2. The van der Waals surface area contributed by atoms with Crippen LogP contribution in [0.4, 0.5) is 0 Å². The topological polar surface area (TPSA) is 52.6 Å². The van der Waals surface area contributed by atoms with E-state index < -0.39 is 11.8 Å². The maximum absolute atomic E-state index is 11.8. The molecule has 0 aliphatic rings. The van der Waals surface area contributed by atoms with E-state index in [2.05, 4.69) is 4.74 Å². The summed E-state index contributed by atoms with van der Waals surface area (Å²) < 4.78 is 10.1. The van der Waals surface area contributed by atoms with Gasteiger partial charge in [0.1, 0.15) is 12.4 Å². The van der Waals surface area contributed by atoms with Gasteiger partial charge in [0.25, 0.3) is 5.78 Å². The third-order valence-corrected chi connectivity index (χ3v) is 3.76. The molecule has 0 radical (unpaired) electrons. The second-order valence-electron chi connectivity index (χ2n) is 4.15. The zero-order chi connectivity index (χ0) is 14.5. The molecule has 20 heavy (non-hydrogen) atoms. The van der Waals surface area contributed by atoms with Crippen molar-refractivity contribution in [2.24, 2.45) is 0 Å². The van der Waals surface area contributed by atoms with Gasteiger partial charge in [-0.25, -0.2) is 4.79 Å². The molecule has 0 spiro atoms. The van der Waals surface area contributed by atoms with E-state index >= 15 is 0 Å². The number of thiophene rings is 1. The molecule has 4 nitrogen and oxygen atoms in total. The maximum atomic E-state index is 11.8. The zero-order valence-electron chi connectivity index (χ0n) is 11.2. The van der Waals surface area contributed by atoms with Gasteiger partial charge in [0.05, 0.1) is 12.0 Å². The number of para-hydroxylation sites is 1. The third kappa shape index (κ3) is 3.05. The Morgan fingerprint density at radius 3 is 2.65 bits per heavy atom. The van der Waals surface area contributed by atoms with Crippen molar-refractivity contribution in [3.8, 4) is 5.75 Å². The van der Waals surface area contributed by atoms with Gasteiger partial charge in [0, 0.05) is 5.56 Å². The van der Waals surface area contributed by atoms with Gasteiger partial charge in [-0.1, -0.05) is 18.2 Å². The average Bonchev–Trinajstić information content (AvgIpc) is 2.93. The van der Waals surface area contributed by atoms with Gasteiger partial charge in [-0.3, -0.25) is 4.79 Å². The molecule has 1 heterocycles. The summed E-state index contributed by atoms with van der Waals surface area (Å²) in [6.07, 6.45) is 0. The van der Waals surface area contributed by atoms with Crippen LogP contribution >= 0.6 is 11.3 Å². The van der Waals surface area contributed by atoms with Crippen molar-refractivity contribution >= 4 is 23.1 Å². The molecule has 2 rings (SSSR count). The minimum atomic E-state index is -0.857. The summed E-state index contributed by atoms with van der Waals surface area (Å²) in [6.45, 7) is 2.19. The fourth-order valence-corrected chi connectivity index (χ4v) is 2.54. The predicted octanol–water partition coefficient (Wildman–Crippen LogP) is 2.99. The van der Waals surface area contributed by atoms with Crippen LogP contribution in [-0.4, -0.2) is 18.9 Å². The largest absolute Gasteiger partial charge is 0.489 e. The predicted molar refractivity (Wildman–Crippen MR) is 76.2 cm³/mol. The number of hydrogen-bond donors (Lipinski definition) is 0. The number of esters is 1. The van der Waals surface area contributed by atoms with Crippen LogP contribution in [0, 0.1) is 6.92 Å². The maximum Gasteiger partial charge on any atom is 0.380 e. The molecule has 0 aliphatic carbocycles. The Bertz CT molecular complexity index is 630. The Labute approximate surface area is 121 Å². The Balaban J connectivity index is 2.12. The van der Waals surface area contributed by atoms with Crippen molar-refractivity contribution in [1.29, 1.82) is 0 Å². The van der Waals surface area contributed by atoms with Crippen LogP contribution in [0.1, 0.15) is 20.8 Å². The van der Waals surface area contributed by atoms with E-state index in [0.717, 1.165) is 11.3 Å². The van der Waals surface area contributed by atoms with E-state index in [-0.39, 0.29) is 6.61 Å². The number of hydrogen-bond acceptors (Lipinski definition) is 5. The fraction of sp³-hybridized carbons (Fsp3) is 0.200. The van der Waals surface area contributed by atoms with Gasteiger partial charge in [-0.2, -0.15) is 0 Å². The van der Waals surface area contributed by atoms with E-state index in [4.69, 9.17) is 4.74 Å². The summed E-state index contributed by atoms with van der Waals surface area (Å²) in [7, 11) is 1.19. The van der Waals surface area contributed by atoms with Gasteiger partial charge in [-0.15, -0.1) is 11.3 Å². The first-order valence-electron chi connectivity index (χ1n) is 6.01. The zero-order valence-corrected chi connectivity index (χ0v) is 12.0. The summed E-state index contributed by atoms with van der Waals surface area (Å²) in [5.41, 5.74) is 1.71. The Morgan fingerprint density at radius 2 is 1.95 bits per heavy atom. The number of ketones is 1. The Hall–Kier alpha value is -2.14. The first-order chi connectivity index (χ1) is 9.63. The molecule has 0 aliphatic heterocycles. The molecule has 0 unspecified atom stereocenters. The lowest BCUT2D eigenvalue weighted by molar-refractivity contribution is -0.135. The van der Waals surface area contributed by atoms with E-state index in [9.17, 15) is 9.59 Å². The standard InChI is InChI=1S/C15H14O4S/c1-10-5-3-4-6-12(10)19-9-11-7-8-20-14(11)13(16)15(17)18-2/h3-8H,9H2,1-2H3. The monoisotopic (exact) mass is 290 g/mol. The molecule has 0 bridgehead atoms. The molecular weight excluding hydrogens is 276 g/mol. The molecule has 2 aromatic rings. The molecule has 0 atom stereocenters. The van der Waals surface area contributed by atoms with Crippen molar-refractivity contribution in [2.45, 2.75) is 13.5 Å². The van der Waals surface area contributed by atoms with Crippen LogP contribution in [0.5, 0.6) is 5.75 Å². The number of carbonyl (C=O) groups is 2. The van der Waals surface area contributed by atoms with Crippen LogP contribution in [0.3, 0.4) is 0 Å². The number of rotatable bonds is 5. The van der Waals surface area contributed by atoms with Gasteiger partial charge in [-0.05, 0) is 30.0 Å². The smallest absolute Gasteiger partial charge is 0.380 e. The van der Waals surface area contributed by atoms with Crippen LogP contribution in [0.2, 0.25) is 0 Å². The van der Waals surface area contributed by atoms with Crippen LogP contribution < -0.4 is 4.74 Å². The molecule has 0 saturated carbocycles. The molecule has 0 saturated heterocycles. The highest BCUT2D eigenvalue weighted by atomic mass is 32.1. The van der Waals surface area contributed by atoms with Crippen molar-refractivity contribution in [3.05, 3.63) is 51.7 Å². The van der Waals surface area contributed by atoms with Crippen LogP contribution in [0.25, 0.3) is 0 Å². The lowest BCUT2D eigenvalue weighted by Gasteiger charge is -2.08. The van der Waals surface area contributed by atoms with Gasteiger partial charge < -0.3 is 9.47 Å². The molecule has 1 aromatic heterocycles. The van der Waals surface area contributed by atoms with Gasteiger partial charge in [0.2, 0.25) is 0 Å². The first kappa shape index (κ1) is 14.3. The van der Waals surface area contributed by atoms with E-state index in [1.807, 2.05) is 31.2 Å². The SMILES string of the molecule is COC(=O)C(=O)c1sccc1COc1ccccc1C. The molecule has 1 aromatic carbocycles. The van der Waals surface area contributed by atoms with E-state index in [1.54, 1.807) is 11.4 Å². The molecule has 104 valence electrons. The number of benzene rings is 1. The van der Waals surface area contributed by atoms with Crippen molar-refractivity contribution in [1.82, 2.24) is 0 Å². The van der Waals surface area contributed by atoms with Crippen LogP contribution in [-0.2, 0) is 16.1 Å². The summed E-state index contributed by atoms with van der Waals surface area (Å²) in [5, 5.41) is 1.76. The van der Waals surface area contributed by atoms with Crippen LogP contribution in [0.15, 0.2) is 35.7 Å². The lowest BCUT2D eigenvalue weighted by atomic mass is 10.2. The first-order valence-corrected chi connectivity index (χ1v) is 6.89. The minimum absolute atomic E-state index is 0.242. The minimum Gasteiger partial charge on any atom is -0.489 e. The summed E-state index contributed by atoms with van der Waals surface area (Å²) >= 11 is 1.21. The lowest BCUT2D eigenvalue weighted by Crippen LogP contribution is -2.16. The van der Waals surface area contributed by atoms with Gasteiger partial charge in [0.15, 0.2) is 0 Å². The molecular formula is C15H14O4S. The fourth-order valence-electron chi connectivity index (χ4n) is 1.71. The molecule has 0 amide bonds. The van der Waals surface area contributed by atoms with Crippen molar-refractivity contribution < 1.29 is 19.1 Å². The number of methoxy groups -OCH3 is 1. The normalized spacial score (nSPS) is 10.1. The average molecular weight is 290 g/mol. The van der Waals surface area contributed by atoms with Gasteiger partial charge >= 0.3 is 5.97 Å². The summed E-state index contributed by atoms with van der Waals surface area (Å²) in [4.78, 5) is 23.5. The number of Topliss-reactive ketones (excluding diaryl/α,β-unsaturated/α-hetero) is 1. The summed E-state index contributed by atoms with van der Waals surface area (Å²) in [5.74, 6) is -0.731. The second-order valence-corrected chi connectivity index (χ2v) is 5.07. The van der Waals surface area contributed by atoms with Crippen molar-refractivity contribution in [2.75, 3.05) is 7.11 Å². The number of aryl methyl sites for hydroxylation is 1. The highest BCUT2D eigenvalue weighted by Gasteiger charge is 2.21. The number of ether oxygens (including phenoxy) is 2. The third-order valence-electron chi connectivity index (χ3n) is 2.80. The highest BCUT2D eigenvalue weighted by molar-refractivity contribution is 7.13. The molecule has 0 fully saturated rings. The second kappa shape index (κ2) is 6.34. The highest BCUT2D eigenvalue weighted by Crippen LogP contribution is 2.22. The van der Waals surface area contributed by atoms with E-state index in [0.29, 0.717) is 10.4 Å².